The zero-order valence-electron chi connectivity index (χ0n) is 17.6. The van der Waals surface area contributed by atoms with Crippen molar-refractivity contribution in [3.05, 3.63) is 88.5 Å². The van der Waals surface area contributed by atoms with Gasteiger partial charge >= 0.3 is 0 Å². The fourth-order valence-corrected chi connectivity index (χ4v) is 4.61. The number of aliphatic hydroxyl groups is 1. The third-order valence-electron chi connectivity index (χ3n) is 5.16. The van der Waals surface area contributed by atoms with Crippen molar-refractivity contribution in [2.45, 2.75) is 25.9 Å². The van der Waals surface area contributed by atoms with Crippen LogP contribution in [-0.2, 0) is 29.1 Å². The number of benzene rings is 1. The number of halogens is 1. The average Bonchev–Trinajstić information content (AvgIpc) is 2.94. The molecule has 0 aliphatic carbocycles. The molecule has 3 aromatic rings. The molecule has 1 atom stereocenters. The van der Waals surface area contributed by atoms with E-state index in [2.05, 4.69) is 4.98 Å². The lowest BCUT2D eigenvalue weighted by molar-refractivity contribution is 0.0588. The SMILES string of the molecule is Cc1ccc(C(=O)c2c(C)cc(CC(O)(CS(N)(=O)=O)c3cccnc3)n2C)cc1.Cl. The summed E-state index contributed by atoms with van der Waals surface area (Å²) >= 11 is 0. The van der Waals surface area contributed by atoms with Crippen molar-refractivity contribution in [1.29, 1.82) is 0 Å². The van der Waals surface area contributed by atoms with Crippen molar-refractivity contribution in [3.63, 3.8) is 0 Å². The molecule has 2 heterocycles. The summed E-state index contributed by atoms with van der Waals surface area (Å²) in [6.45, 7) is 3.76. The molecule has 0 aliphatic heterocycles. The second-order valence-corrected chi connectivity index (χ2v) is 9.29. The number of primary sulfonamides is 1. The number of hydrogen-bond acceptors (Lipinski definition) is 5. The maximum absolute atomic E-state index is 13.1. The summed E-state index contributed by atoms with van der Waals surface area (Å²) in [7, 11) is -2.26. The second-order valence-electron chi connectivity index (χ2n) is 7.68. The van der Waals surface area contributed by atoms with Crippen LogP contribution in [0.3, 0.4) is 0 Å². The molecule has 3 N–H and O–H groups in total. The van der Waals surface area contributed by atoms with Crippen LogP contribution >= 0.6 is 12.4 Å². The van der Waals surface area contributed by atoms with Crippen molar-refractivity contribution in [3.8, 4) is 0 Å². The quantitative estimate of drug-likeness (QED) is 0.522. The third kappa shape index (κ3) is 5.59. The first-order valence-corrected chi connectivity index (χ1v) is 11.1. The Hall–Kier alpha value is -2.52. The molecular weight excluding hydrogens is 438 g/mol. The molecule has 1 unspecified atom stereocenters. The maximum atomic E-state index is 13.1. The summed E-state index contributed by atoms with van der Waals surface area (Å²) in [5, 5.41) is 16.5. The molecule has 0 spiro atoms. The smallest absolute Gasteiger partial charge is 0.212 e. The van der Waals surface area contributed by atoms with E-state index in [1.165, 1.54) is 12.4 Å². The predicted octanol–water partition coefficient (Wildman–Crippen LogP) is 2.41. The van der Waals surface area contributed by atoms with Crippen LogP contribution in [0.2, 0.25) is 0 Å². The van der Waals surface area contributed by atoms with Crippen molar-refractivity contribution in [1.82, 2.24) is 9.55 Å². The van der Waals surface area contributed by atoms with E-state index >= 15 is 0 Å². The third-order valence-corrected chi connectivity index (χ3v) is 6.04. The highest BCUT2D eigenvalue weighted by atomic mass is 35.5. The fraction of sp³-hybridized carbons (Fsp3) is 0.273. The Morgan fingerprint density at radius 3 is 2.39 bits per heavy atom. The number of aryl methyl sites for hydroxylation is 2. The topological polar surface area (TPSA) is 115 Å². The highest BCUT2D eigenvalue weighted by Crippen LogP contribution is 2.29. The fourth-order valence-electron chi connectivity index (χ4n) is 3.67. The van der Waals surface area contributed by atoms with E-state index in [1.54, 1.807) is 41.9 Å². The van der Waals surface area contributed by atoms with Gasteiger partial charge in [0, 0.05) is 42.7 Å². The summed E-state index contributed by atoms with van der Waals surface area (Å²) in [6.07, 6.45) is 2.90. The minimum absolute atomic E-state index is 0. The molecule has 1 aromatic carbocycles. The van der Waals surface area contributed by atoms with Crippen LogP contribution in [0.1, 0.15) is 38.4 Å². The van der Waals surface area contributed by atoms with Crippen molar-refractivity contribution in [2.75, 3.05) is 5.75 Å². The molecule has 31 heavy (non-hydrogen) atoms. The Labute approximate surface area is 188 Å². The van der Waals surface area contributed by atoms with E-state index in [1.807, 2.05) is 26.0 Å². The van der Waals surface area contributed by atoms with E-state index in [0.29, 0.717) is 22.5 Å². The molecule has 3 rings (SSSR count). The monoisotopic (exact) mass is 463 g/mol. The van der Waals surface area contributed by atoms with Crippen LogP contribution in [0.15, 0.2) is 54.9 Å². The van der Waals surface area contributed by atoms with Crippen molar-refractivity contribution in [2.24, 2.45) is 12.2 Å². The van der Waals surface area contributed by atoms with Crippen LogP contribution in [0.4, 0.5) is 0 Å². The van der Waals surface area contributed by atoms with Crippen LogP contribution in [0, 0.1) is 13.8 Å². The second kappa shape index (κ2) is 9.32. The molecule has 0 fully saturated rings. The van der Waals surface area contributed by atoms with Gasteiger partial charge in [0.25, 0.3) is 0 Å². The number of carbonyl (C=O) groups is 1. The Kier molecular flexibility index (Phi) is 7.44. The summed E-state index contributed by atoms with van der Waals surface area (Å²) in [5.41, 5.74) is 2.00. The zero-order valence-corrected chi connectivity index (χ0v) is 19.2. The molecule has 0 saturated carbocycles. The van der Waals surface area contributed by atoms with Gasteiger partial charge in [-0.1, -0.05) is 35.9 Å². The van der Waals surface area contributed by atoms with Crippen LogP contribution in [-0.4, -0.2) is 34.6 Å². The van der Waals surface area contributed by atoms with Gasteiger partial charge in [0.2, 0.25) is 15.8 Å². The summed E-state index contributed by atoms with van der Waals surface area (Å²) < 4.78 is 25.3. The molecule has 166 valence electrons. The van der Waals surface area contributed by atoms with Gasteiger partial charge in [0.1, 0.15) is 5.60 Å². The lowest BCUT2D eigenvalue weighted by Crippen LogP contribution is -2.40. The van der Waals surface area contributed by atoms with Crippen LogP contribution in [0.25, 0.3) is 0 Å². The van der Waals surface area contributed by atoms with Crippen molar-refractivity contribution >= 4 is 28.2 Å². The normalized spacial score (nSPS) is 13.3. The first-order chi connectivity index (χ1) is 14.0. The number of hydrogen-bond donors (Lipinski definition) is 2. The number of carbonyl (C=O) groups excluding carboxylic acids is 1. The van der Waals surface area contributed by atoms with Crippen molar-refractivity contribution < 1.29 is 18.3 Å². The molecule has 0 radical (unpaired) electrons. The van der Waals surface area contributed by atoms with Gasteiger partial charge in [-0.15, -0.1) is 12.4 Å². The van der Waals surface area contributed by atoms with Gasteiger partial charge in [0.15, 0.2) is 0 Å². The molecule has 9 heteroatoms. The molecule has 0 saturated heterocycles. The van der Waals surface area contributed by atoms with Crippen LogP contribution < -0.4 is 5.14 Å². The molecule has 0 amide bonds. The number of sulfonamides is 1. The van der Waals surface area contributed by atoms with Crippen LogP contribution in [0.5, 0.6) is 0 Å². The number of aromatic nitrogens is 2. The van der Waals surface area contributed by atoms with Gasteiger partial charge in [-0.05, 0) is 31.5 Å². The number of ketones is 1. The highest BCUT2D eigenvalue weighted by molar-refractivity contribution is 7.89. The molecule has 2 aromatic heterocycles. The Morgan fingerprint density at radius 2 is 1.84 bits per heavy atom. The maximum Gasteiger partial charge on any atom is 0.212 e. The number of nitrogens with zero attached hydrogens (tertiary/aromatic N) is 2. The minimum Gasteiger partial charge on any atom is -0.384 e. The van der Waals surface area contributed by atoms with E-state index < -0.39 is 21.4 Å². The van der Waals surface area contributed by atoms with Gasteiger partial charge in [-0.2, -0.15) is 0 Å². The molecule has 0 aliphatic rings. The molecule has 7 nitrogen and oxygen atoms in total. The first kappa shape index (κ1) is 24.7. The number of rotatable bonds is 7. The van der Waals surface area contributed by atoms with Gasteiger partial charge in [0.05, 0.1) is 11.4 Å². The highest BCUT2D eigenvalue weighted by Gasteiger charge is 2.36. The largest absolute Gasteiger partial charge is 0.384 e. The summed E-state index contributed by atoms with van der Waals surface area (Å²) in [5.74, 6) is -0.811. The zero-order chi connectivity index (χ0) is 22.1. The average molecular weight is 464 g/mol. The van der Waals surface area contributed by atoms with E-state index in [9.17, 15) is 18.3 Å². The Balaban J connectivity index is 0.00000341. The lowest BCUT2D eigenvalue weighted by Gasteiger charge is -2.27. The Bertz CT molecular complexity index is 1180. The summed E-state index contributed by atoms with van der Waals surface area (Å²) in [4.78, 5) is 17.1. The van der Waals surface area contributed by atoms with E-state index in [4.69, 9.17) is 5.14 Å². The van der Waals surface area contributed by atoms with Gasteiger partial charge in [-0.3, -0.25) is 9.78 Å². The molecular formula is C22H26ClN3O4S. The number of pyridine rings is 1. The number of nitrogens with two attached hydrogens (primary N) is 1. The van der Waals surface area contributed by atoms with Gasteiger partial charge < -0.3 is 9.67 Å². The molecule has 0 bridgehead atoms. The standard InChI is InChI=1S/C22H25N3O4S.ClH/c1-15-6-8-17(9-7-15)21(26)20-16(2)11-19(25(20)3)12-22(27,14-30(23,28)29)18-5-4-10-24-13-18;/h4-11,13,27H,12,14H2,1-3H3,(H2,23,28,29);1H. The van der Waals surface area contributed by atoms with E-state index in [0.717, 1.165) is 11.1 Å². The first-order valence-electron chi connectivity index (χ1n) is 9.40. The Morgan fingerprint density at radius 1 is 1.19 bits per heavy atom. The lowest BCUT2D eigenvalue weighted by atomic mass is 9.92. The van der Waals surface area contributed by atoms with Gasteiger partial charge in [-0.25, -0.2) is 13.6 Å². The van der Waals surface area contributed by atoms with E-state index in [-0.39, 0.29) is 24.6 Å². The minimum atomic E-state index is -3.98. The summed E-state index contributed by atoms with van der Waals surface area (Å²) in [6, 6.07) is 12.3. The predicted molar refractivity (Wildman–Crippen MR) is 122 cm³/mol.